The zero-order valence-electron chi connectivity index (χ0n) is 11.6. The molecule has 2 heteroatoms. The van der Waals surface area contributed by atoms with Gasteiger partial charge in [-0.25, -0.2) is 0 Å². The van der Waals surface area contributed by atoms with Crippen LogP contribution in [0.1, 0.15) is 26.3 Å². The molecule has 0 unspecified atom stereocenters. The van der Waals surface area contributed by atoms with Gasteiger partial charge in [0.25, 0.3) is 0 Å². The first kappa shape index (κ1) is 13.2. The van der Waals surface area contributed by atoms with E-state index in [2.05, 4.69) is 56.4 Å². The first-order chi connectivity index (χ1) is 8.98. The van der Waals surface area contributed by atoms with Gasteiger partial charge >= 0.3 is 0 Å². The molecule has 2 nitrogen and oxygen atoms in total. The van der Waals surface area contributed by atoms with Crippen LogP contribution < -0.4 is 5.32 Å². The van der Waals surface area contributed by atoms with Gasteiger partial charge in [0.05, 0.1) is 11.6 Å². The lowest BCUT2D eigenvalue weighted by atomic mass is 10.0. The van der Waals surface area contributed by atoms with Crippen LogP contribution in [0.25, 0.3) is 11.1 Å². The Morgan fingerprint density at radius 1 is 0.842 bits per heavy atom. The molecule has 0 aliphatic carbocycles. The molecule has 19 heavy (non-hydrogen) atoms. The second kappa shape index (κ2) is 5.16. The Bertz CT molecular complexity index is 581. The first-order valence-electron chi connectivity index (χ1n) is 6.37. The van der Waals surface area contributed by atoms with E-state index in [0.717, 1.165) is 16.8 Å². The van der Waals surface area contributed by atoms with E-state index >= 15 is 0 Å². The van der Waals surface area contributed by atoms with Gasteiger partial charge in [-0.2, -0.15) is 5.26 Å². The summed E-state index contributed by atoms with van der Waals surface area (Å²) in [6.07, 6.45) is 0. The number of nitriles is 1. The van der Waals surface area contributed by atoms with Crippen LogP contribution in [0.5, 0.6) is 0 Å². The molecule has 1 N–H and O–H groups in total. The van der Waals surface area contributed by atoms with Crippen LogP contribution in [0.2, 0.25) is 0 Å². The van der Waals surface area contributed by atoms with Crippen LogP contribution in [0.3, 0.4) is 0 Å². The first-order valence-corrected chi connectivity index (χ1v) is 6.37. The zero-order chi connectivity index (χ0) is 13.9. The molecule has 0 aliphatic rings. The number of nitrogens with zero attached hydrogens (tertiary/aromatic N) is 1. The van der Waals surface area contributed by atoms with Gasteiger partial charge in [0.2, 0.25) is 0 Å². The maximum Gasteiger partial charge on any atom is 0.0991 e. The third-order valence-corrected chi connectivity index (χ3v) is 2.75. The van der Waals surface area contributed by atoms with Crippen molar-refractivity contribution in [3.05, 3.63) is 54.1 Å². The predicted octanol–water partition coefficient (Wildman–Crippen LogP) is 4.44. The second-order valence-corrected chi connectivity index (χ2v) is 5.64. The van der Waals surface area contributed by atoms with Gasteiger partial charge < -0.3 is 5.32 Å². The predicted molar refractivity (Wildman–Crippen MR) is 80.0 cm³/mol. The molecule has 0 spiro atoms. The van der Waals surface area contributed by atoms with Crippen LogP contribution in [0, 0.1) is 11.3 Å². The second-order valence-electron chi connectivity index (χ2n) is 5.64. The smallest absolute Gasteiger partial charge is 0.0991 e. The average molecular weight is 250 g/mol. The minimum absolute atomic E-state index is 0.0654. The van der Waals surface area contributed by atoms with E-state index in [1.165, 1.54) is 0 Å². The molecule has 0 aliphatic heterocycles. The molecule has 0 atom stereocenters. The van der Waals surface area contributed by atoms with Crippen molar-refractivity contribution in [2.75, 3.05) is 5.32 Å². The molecule has 96 valence electrons. The molecule has 0 saturated heterocycles. The Hall–Kier alpha value is -2.27. The molecule has 0 bridgehead atoms. The topological polar surface area (TPSA) is 35.8 Å². The van der Waals surface area contributed by atoms with Crippen molar-refractivity contribution in [3.63, 3.8) is 0 Å². The summed E-state index contributed by atoms with van der Waals surface area (Å²) in [6.45, 7) is 6.42. The molecular weight excluding hydrogens is 232 g/mol. The number of hydrogen-bond donors (Lipinski definition) is 1. The fraction of sp³-hybridized carbons (Fsp3) is 0.235. The lowest BCUT2D eigenvalue weighted by Crippen LogP contribution is -2.25. The Balaban J connectivity index is 2.20. The summed E-state index contributed by atoms with van der Waals surface area (Å²) in [7, 11) is 0. The van der Waals surface area contributed by atoms with E-state index in [4.69, 9.17) is 5.26 Å². The number of anilines is 1. The van der Waals surface area contributed by atoms with Gasteiger partial charge in [-0.3, -0.25) is 0 Å². The molecule has 2 aromatic carbocycles. The summed E-state index contributed by atoms with van der Waals surface area (Å²) in [6, 6.07) is 18.1. The Morgan fingerprint density at radius 3 is 1.74 bits per heavy atom. The van der Waals surface area contributed by atoms with Gasteiger partial charge in [0.1, 0.15) is 0 Å². The fourth-order valence-corrected chi connectivity index (χ4v) is 1.92. The van der Waals surface area contributed by atoms with Crippen molar-refractivity contribution in [1.82, 2.24) is 0 Å². The molecule has 0 radical (unpaired) electrons. The minimum atomic E-state index is 0.0654. The monoisotopic (exact) mass is 250 g/mol. The molecule has 0 amide bonds. The highest BCUT2D eigenvalue weighted by atomic mass is 14.9. The summed E-state index contributed by atoms with van der Waals surface area (Å²) in [5, 5.41) is 12.2. The largest absolute Gasteiger partial charge is 0.380 e. The van der Waals surface area contributed by atoms with Crippen LogP contribution >= 0.6 is 0 Å². The van der Waals surface area contributed by atoms with E-state index in [9.17, 15) is 0 Å². The van der Waals surface area contributed by atoms with Gasteiger partial charge in [-0.1, -0.05) is 24.3 Å². The highest BCUT2D eigenvalue weighted by Crippen LogP contribution is 2.23. The van der Waals surface area contributed by atoms with Crippen molar-refractivity contribution in [3.8, 4) is 17.2 Å². The summed E-state index contributed by atoms with van der Waals surface area (Å²) in [5.41, 5.74) is 4.15. The summed E-state index contributed by atoms with van der Waals surface area (Å²) >= 11 is 0. The molecule has 0 fully saturated rings. The average Bonchev–Trinajstić information content (AvgIpc) is 2.38. The van der Waals surface area contributed by atoms with Crippen molar-refractivity contribution in [1.29, 1.82) is 5.26 Å². The number of nitrogens with one attached hydrogen (secondary N) is 1. The van der Waals surface area contributed by atoms with E-state index in [1.807, 2.05) is 24.3 Å². The van der Waals surface area contributed by atoms with E-state index in [-0.39, 0.29) is 5.54 Å². The lowest BCUT2D eigenvalue weighted by molar-refractivity contribution is 0.634. The standard InChI is InChI=1S/C17H18N2/c1-17(2,3)19-16-10-8-15(9-11-16)14-6-4-13(12-18)5-7-14/h4-11,19H,1-3H3. The fourth-order valence-electron chi connectivity index (χ4n) is 1.92. The van der Waals surface area contributed by atoms with Gasteiger partial charge in [-0.15, -0.1) is 0 Å². The molecule has 0 aromatic heterocycles. The highest BCUT2D eigenvalue weighted by Gasteiger charge is 2.08. The van der Waals surface area contributed by atoms with Crippen LogP contribution in [0.4, 0.5) is 5.69 Å². The quantitative estimate of drug-likeness (QED) is 0.855. The number of rotatable bonds is 2. The van der Waals surface area contributed by atoms with Crippen molar-refractivity contribution in [2.24, 2.45) is 0 Å². The normalized spacial score (nSPS) is 10.8. The van der Waals surface area contributed by atoms with Gasteiger partial charge in [0, 0.05) is 11.2 Å². The molecule has 0 heterocycles. The SMILES string of the molecule is CC(C)(C)Nc1ccc(-c2ccc(C#N)cc2)cc1. The van der Waals surface area contributed by atoms with Crippen molar-refractivity contribution in [2.45, 2.75) is 26.3 Å². The van der Waals surface area contributed by atoms with Crippen LogP contribution in [-0.2, 0) is 0 Å². The summed E-state index contributed by atoms with van der Waals surface area (Å²) in [4.78, 5) is 0. The van der Waals surface area contributed by atoms with E-state index < -0.39 is 0 Å². The molecule has 0 saturated carbocycles. The summed E-state index contributed by atoms with van der Waals surface area (Å²) in [5.74, 6) is 0. The lowest BCUT2D eigenvalue weighted by Gasteiger charge is -2.22. The van der Waals surface area contributed by atoms with Crippen LogP contribution in [0.15, 0.2) is 48.5 Å². The van der Waals surface area contributed by atoms with Gasteiger partial charge in [0.15, 0.2) is 0 Å². The molecule has 2 aromatic rings. The third-order valence-electron chi connectivity index (χ3n) is 2.75. The number of benzene rings is 2. The van der Waals surface area contributed by atoms with Crippen molar-refractivity contribution >= 4 is 5.69 Å². The van der Waals surface area contributed by atoms with Gasteiger partial charge in [-0.05, 0) is 56.2 Å². The Kier molecular flexibility index (Phi) is 3.57. The van der Waals surface area contributed by atoms with Crippen LogP contribution in [-0.4, -0.2) is 5.54 Å². The van der Waals surface area contributed by atoms with E-state index in [1.54, 1.807) is 0 Å². The van der Waals surface area contributed by atoms with Crippen molar-refractivity contribution < 1.29 is 0 Å². The Morgan fingerprint density at radius 2 is 1.32 bits per heavy atom. The maximum absolute atomic E-state index is 8.79. The molecular formula is C17H18N2. The zero-order valence-corrected chi connectivity index (χ0v) is 11.6. The summed E-state index contributed by atoms with van der Waals surface area (Å²) < 4.78 is 0. The minimum Gasteiger partial charge on any atom is -0.380 e. The maximum atomic E-state index is 8.79. The van der Waals surface area contributed by atoms with E-state index in [0.29, 0.717) is 5.56 Å². The number of hydrogen-bond acceptors (Lipinski definition) is 2. The third kappa shape index (κ3) is 3.59. The Labute approximate surface area is 114 Å². The molecule has 2 rings (SSSR count). The highest BCUT2D eigenvalue weighted by molar-refractivity contribution is 5.66.